The van der Waals surface area contributed by atoms with E-state index in [9.17, 15) is 32.4 Å². The van der Waals surface area contributed by atoms with E-state index in [1.807, 2.05) is 33.7 Å². The van der Waals surface area contributed by atoms with Crippen molar-refractivity contribution >= 4 is 67.8 Å². The van der Waals surface area contributed by atoms with Gasteiger partial charge in [-0.2, -0.15) is 27.8 Å². The smallest absolute Gasteiger partial charge is 0.408 e. The van der Waals surface area contributed by atoms with Crippen molar-refractivity contribution in [1.29, 1.82) is 0 Å². The number of nitrogens with one attached hydrogen (secondary N) is 3. The molecule has 0 aromatic carbocycles. The molecule has 4 aromatic heterocycles. The molecule has 3 fully saturated rings. The molecule has 2 aliphatic carbocycles. The number of sulfonamides is 1. The molecule has 3 N–H and O–H groups in total. The first-order chi connectivity index (χ1) is 27.1. The van der Waals surface area contributed by atoms with Gasteiger partial charge in [-0.05, 0) is 93.7 Å². The van der Waals surface area contributed by atoms with Crippen molar-refractivity contribution in [3.05, 3.63) is 80.4 Å². The van der Waals surface area contributed by atoms with Crippen LogP contribution < -0.4 is 20.9 Å². The molecule has 302 valence electrons. The normalized spacial score (nSPS) is 22.8. The highest BCUT2D eigenvalue weighted by Crippen LogP contribution is 2.45. The van der Waals surface area contributed by atoms with Crippen molar-refractivity contribution in [2.75, 3.05) is 6.54 Å². The van der Waals surface area contributed by atoms with Gasteiger partial charge in [-0.1, -0.05) is 32.9 Å². The molecule has 0 unspecified atom stereocenters. The molecule has 18 heteroatoms. The van der Waals surface area contributed by atoms with Gasteiger partial charge in [-0.25, -0.2) is 22.6 Å². The molecule has 5 atom stereocenters. The summed E-state index contributed by atoms with van der Waals surface area (Å²) in [6.45, 7) is 8.99. The zero-order chi connectivity index (χ0) is 40.7. The first-order valence-electron chi connectivity index (χ1n) is 18.6. The maximum Gasteiger partial charge on any atom is 0.408 e. The van der Waals surface area contributed by atoms with Crippen LogP contribution in [0.4, 0.5) is 4.79 Å². The Bertz CT molecular complexity index is 2310. The number of ether oxygens (including phenoxy) is 1. The molecule has 4 amide bonds. The van der Waals surface area contributed by atoms with E-state index in [2.05, 4.69) is 27.0 Å². The fourth-order valence-corrected chi connectivity index (χ4v) is 11.0. The monoisotopic (exact) mass is 852 g/mol. The van der Waals surface area contributed by atoms with Gasteiger partial charge in [0, 0.05) is 24.4 Å². The Morgan fingerprint density at radius 3 is 2.35 bits per heavy atom. The van der Waals surface area contributed by atoms with Gasteiger partial charge in [0.25, 0.3) is 21.5 Å². The van der Waals surface area contributed by atoms with Crippen LogP contribution in [0.1, 0.15) is 65.3 Å². The number of aromatic nitrogens is 2. The predicted molar refractivity (Wildman–Crippen MR) is 218 cm³/mol. The largest absolute Gasteiger partial charge is 0.446 e. The summed E-state index contributed by atoms with van der Waals surface area (Å²) in [7, 11) is -4.24. The summed E-state index contributed by atoms with van der Waals surface area (Å²) >= 11 is 3.86. The number of thiophene rings is 3. The standard InChI is InChI=1S/C39H44N6O8S4/c1-5-25-18-39(25,36(49)43-57(51,52)30-11-8-14-56-30)42-33(46)29-17-26(20-44(29)35(48)32(38(2,3)4)41-37(50)53-27-9-6-7-10-27)45-34(47)31(24-13-16-55-22-24)28(19-40-45)23-12-15-54-21-23/h5,8,11-16,19,21-22,25-27,29,32H,1,6-7,9-10,17-18,20H2,2-4H3,(H,41,50)(H,42,46)(H,43,49)/t25-,26-,29+,32-,39-/m1/s1. The number of amides is 4. The number of rotatable bonds is 12. The highest BCUT2D eigenvalue weighted by molar-refractivity contribution is 7.92. The minimum atomic E-state index is -4.24. The lowest BCUT2D eigenvalue weighted by atomic mass is 9.85. The fourth-order valence-electron chi connectivity index (χ4n) is 7.67. The lowest BCUT2D eigenvalue weighted by Gasteiger charge is -2.35. The molecule has 5 heterocycles. The summed E-state index contributed by atoms with van der Waals surface area (Å²) in [6, 6.07) is 3.46. The molecule has 0 radical (unpaired) electrons. The van der Waals surface area contributed by atoms with Crippen LogP contribution in [0.2, 0.25) is 0 Å². The van der Waals surface area contributed by atoms with E-state index in [1.165, 1.54) is 44.4 Å². The van der Waals surface area contributed by atoms with Crippen molar-refractivity contribution < 1.29 is 32.3 Å². The number of nitrogens with zero attached hydrogens (tertiary/aromatic N) is 3. The van der Waals surface area contributed by atoms with Crippen LogP contribution >= 0.6 is 34.0 Å². The second-order valence-electron chi connectivity index (χ2n) is 15.7. The highest BCUT2D eigenvalue weighted by Gasteiger charge is 2.61. The first-order valence-corrected chi connectivity index (χ1v) is 22.9. The molecule has 1 saturated heterocycles. The molecule has 1 aliphatic heterocycles. The van der Waals surface area contributed by atoms with Crippen molar-refractivity contribution in [2.24, 2.45) is 11.3 Å². The lowest BCUT2D eigenvalue weighted by Crippen LogP contribution is -2.60. The molecule has 2 saturated carbocycles. The third kappa shape index (κ3) is 8.22. The minimum Gasteiger partial charge on any atom is -0.446 e. The maximum atomic E-state index is 14.8. The van der Waals surface area contributed by atoms with Crippen molar-refractivity contribution in [1.82, 2.24) is 30.0 Å². The molecule has 3 aliphatic rings. The Morgan fingerprint density at radius 1 is 1.05 bits per heavy atom. The number of hydrogen-bond donors (Lipinski definition) is 3. The predicted octanol–water partition coefficient (Wildman–Crippen LogP) is 5.55. The third-order valence-corrected chi connectivity index (χ3v) is 14.9. The summed E-state index contributed by atoms with van der Waals surface area (Å²) in [5.41, 5.74) is -0.327. The zero-order valence-electron chi connectivity index (χ0n) is 31.6. The molecule has 4 aromatic rings. The van der Waals surface area contributed by atoms with Crippen LogP contribution in [-0.2, 0) is 29.1 Å². The fraction of sp³-hybridized carbons (Fsp3) is 0.436. The molecule has 0 bridgehead atoms. The number of carbonyl (C=O) groups excluding carboxylic acids is 4. The Hall–Kier alpha value is -4.65. The average molecular weight is 853 g/mol. The van der Waals surface area contributed by atoms with E-state index in [-0.39, 0.29) is 29.7 Å². The maximum absolute atomic E-state index is 14.8. The summed E-state index contributed by atoms with van der Waals surface area (Å²) in [5.74, 6) is -2.86. The average Bonchev–Trinajstić information content (AvgIpc) is 3.93. The van der Waals surface area contributed by atoms with Crippen LogP contribution in [0.15, 0.2) is 79.0 Å². The topological polar surface area (TPSA) is 186 Å². The quantitative estimate of drug-likeness (QED) is 0.154. The summed E-state index contributed by atoms with van der Waals surface area (Å²) < 4.78 is 35.1. The van der Waals surface area contributed by atoms with E-state index in [0.717, 1.165) is 42.6 Å². The van der Waals surface area contributed by atoms with Crippen LogP contribution in [0, 0.1) is 11.3 Å². The molecule has 14 nitrogen and oxygen atoms in total. The first kappa shape index (κ1) is 40.5. The van der Waals surface area contributed by atoms with Crippen LogP contribution in [0.5, 0.6) is 0 Å². The Balaban J connectivity index is 1.23. The molecule has 0 spiro atoms. The Labute approximate surface area is 342 Å². The zero-order valence-corrected chi connectivity index (χ0v) is 34.9. The van der Waals surface area contributed by atoms with Crippen molar-refractivity contribution in [2.45, 2.75) is 93.3 Å². The second-order valence-corrected chi connectivity index (χ2v) is 20.1. The van der Waals surface area contributed by atoms with Gasteiger partial charge in [0.2, 0.25) is 11.8 Å². The summed E-state index contributed by atoms with van der Waals surface area (Å²) in [4.78, 5) is 72.0. The number of alkyl carbamates (subject to hydrolysis) is 1. The van der Waals surface area contributed by atoms with Gasteiger partial charge in [0.05, 0.1) is 17.8 Å². The van der Waals surface area contributed by atoms with Crippen LogP contribution in [0.25, 0.3) is 22.3 Å². The molecule has 7 rings (SSSR count). The van der Waals surface area contributed by atoms with Crippen molar-refractivity contribution in [3.63, 3.8) is 0 Å². The van der Waals surface area contributed by atoms with Crippen LogP contribution in [0.3, 0.4) is 0 Å². The number of carbonyl (C=O) groups is 4. The third-order valence-electron chi connectivity index (χ3n) is 10.8. The molecular weight excluding hydrogens is 809 g/mol. The van der Waals surface area contributed by atoms with Gasteiger partial charge in [-0.15, -0.1) is 17.9 Å². The minimum absolute atomic E-state index is 0.0690. The number of likely N-dealkylation sites (tertiary alicyclic amines) is 1. The van der Waals surface area contributed by atoms with Crippen molar-refractivity contribution in [3.8, 4) is 22.3 Å². The Morgan fingerprint density at radius 2 is 1.75 bits per heavy atom. The van der Waals surface area contributed by atoms with E-state index in [4.69, 9.17) is 4.74 Å². The van der Waals surface area contributed by atoms with Gasteiger partial charge in [-0.3, -0.25) is 19.2 Å². The van der Waals surface area contributed by atoms with E-state index in [0.29, 0.717) is 16.7 Å². The van der Waals surface area contributed by atoms with Gasteiger partial charge < -0.3 is 20.3 Å². The van der Waals surface area contributed by atoms with E-state index < -0.39 is 74.4 Å². The van der Waals surface area contributed by atoms with E-state index in [1.54, 1.807) is 38.4 Å². The van der Waals surface area contributed by atoms with Crippen LogP contribution in [-0.4, -0.2) is 77.2 Å². The van der Waals surface area contributed by atoms with Gasteiger partial charge in [0.15, 0.2) is 0 Å². The highest BCUT2D eigenvalue weighted by atomic mass is 32.2. The lowest BCUT2D eigenvalue weighted by molar-refractivity contribution is -0.142. The SMILES string of the molecule is C=C[C@@H]1C[C@]1(NC(=O)[C@@H]1C[C@@H](n2ncc(-c3ccsc3)c(-c3ccsc3)c2=O)CN1C(=O)[C@@H](NC(=O)OC1CCCC1)C(C)(C)C)C(=O)NS(=O)(=O)c1cccs1. The molecule has 57 heavy (non-hydrogen) atoms. The van der Waals surface area contributed by atoms with Gasteiger partial charge in [0.1, 0.15) is 27.9 Å². The Kier molecular flexibility index (Phi) is 11.3. The van der Waals surface area contributed by atoms with Gasteiger partial charge >= 0.3 is 6.09 Å². The second kappa shape index (κ2) is 15.9. The van der Waals surface area contributed by atoms with E-state index >= 15 is 0 Å². The number of hydrogen-bond acceptors (Lipinski definition) is 12. The molecular formula is C39H44N6O8S4. The summed E-state index contributed by atoms with van der Waals surface area (Å²) in [6.07, 6.45) is 5.42. The summed E-state index contributed by atoms with van der Waals surface area (Å²) in [5, 5.41) is 19.3.